The molecule has 3 aromatic rings. The lowest BCUT2D eigenvalue weighted by Gasteiger charge is -2.27. The fourth-order valence-electron chi connectivity index (χ4n) is 2.98. The van der Waals surface area contributed by atoms with Crippen LogP contribution in [0.4, 0.5) is 5.95 Å². The van der Waals surface area contributed by atoms with Gasteiger partial charge in [-0.1, -0.05) is 41.5 Å². The number of hydrogen-bond donors (Lipinski definition) is 1. The molecule has 9 heteroatoms. The highest BCUT2D eigenvalue weighted by molar-refractivity contribution is 6.14. The second-order valence-electron chi connectivity index (χ2n) is 5.74. The number of carbonyl (C=O) groups excluding carboxylic acids is 2. The van der Waals surface area contributed by atoms with Crippen LogP contribution in [0.5, 0.6) is 0 Å². The number of rotatable bonds is 4. The van der Waals surface area contributed by atoms with Gasteiger partial charge in [-0.3, -0.25) is 9.78 Å². The highest BCUT2D eigenvalue weighted by Gasteiger charge is 2.38. The zero-order valence-electron chi connectivity index (χ0n) is 14.2. The number of ether oxygens (including phenoxy) is 1. The molecule has 1 aliphatic heterocycles. The molecule has 0 radical (unpaired) electrons. The number of benzene rings is 1. The first-order valence-corrected chi connectivity index (χ1v) is 8.07. The number of allylic oxidation sites excluding steroid dienone is 1. The number of hydrogen-bond acceptors (Lipinski definition) is 8. The van der Waals surface area contributed by atoms with E-state index in [1.54, 1.807) is 48.8 Å². The molecule has 0 spiro atoms. The maximum absolute atomic E-state index is 13.3. The Kier molecular flexibility index (Phi) is 4.17. The topological polar surface area (TPSA) is 112 Å². The minimum atomic E-state index is -0.730. The van der Waals surface area contributed by atoms with Gasteiger partial charge in [-0.2, -0.15) is 4.68 Å². The maximum Gasteiger partial charge on any atom is 0.355 e. The smallest absolute Gasteiger partial charge is 0.355 e. The van der Waals surface area contributed by atoms with E-state index in [0.717, 1.165) is 0 Å². The van der Waals surface area contributed by atoms with Crippen LogP contribution in [0.1, 0.15) is 22.0 Å². The van der Waals surface area contributed by atoms with Crippen molar-refractivity contribution in [2.75, 3.05) is 12.4 Å². The monoisotopic (exact) mass is 362 g/mol. The van der Waals surface area contributed by atoms with Crippen molar-refractivity contribution in [2.24, 2.45) is 0 Å². The number of ketones is 1. The highest BCUT2D eigenvalue weighted by atomic mass is 16.5. The molecule has 0 saturated carbocycles. The van der Waals surface area contributed by atoms with Crippen LogP contribution >= 0.6 is 0 Å². The van der Waals surface area contributed by atoms with Gasteiger partial charge >= 0.3 is 5.97 Å². The predicted octanol–water partition coefficient (Wildman–Crippen LogP) is 1.39. The van der Waals surface area contributed by atoms with Crippen LogP contribution in [0.25, 0.3) is 0 Å². The molecule has 0 bridgehead atoms. The Morgan fingerprint density at radius 1 is 1.15 bits per heavy atom. The molecule has 0 aliphatic carbocycles. The van der Waals surface area contributed by atoms with Crippen molar-refractivity contribution in [1.82, 2.24) is 25.2 Å². The second-order valence-corrected chi connectivity index (χ2v) is 5.74. The molecule has 0 saturated heterocycles. The minimum absolute atomic E-state index is 0.00232. The summed E-state index contributed by atoms with van der Waals surface area (Å²) < 4.78 is 6.32. The predicted molar refractivity (Wildman–Crippen MR) is 93.6 cm³/mol. The van der Waals surface area contributed by atoms with E-state index in [4.69, 9.17) is 4.74 Å². The normalized spacial score (nSPS) is 15.7. The summed E-state index contributed by atoms with van der Waals surface area (Å²) in [4.78, 5) is 29.9. The van der Waals surface area contributed by atoms with E-state index in [0.29, 0.717) is 11.1 Å². The van der Waals surface area contributed by atoms with E-state index < -0.39 is 12.0 Å². The number of tetrazole rings is 1. The molecule has 134 valence electrons. The summed E-state index contributed by atoms with van der Waals surface area (Å²) in [5.74, 6) is -0.787. The number of nitrogens with zero attached hydrogens (tertiary/aromatic N) is 5. The van der Waals surface area contributed by atoms with E-state index in [1.165, 1.54) is 11.8 Å². The van der Waals surface area contributed by atoms with E-state index in [9.17, 15) is 9.59 Å². The van der Waals surface area contributed by atoms with Gasteiger partial charge in [0.1, 0.15) is 11.7 Å². The first-order chi connectivity index (χ1) is 13.2. The first kappa shape index (κ1) is 16.6. The highest BCUT2D eigenvalue weighted by Crippen LogP contribution is 2.36. The summed E-state index contributed by atoms with van der Waals surface area (Å²) in [7, 11) is 1.25. The summed E-state index contributed by atoms with van der Waals surface area (Å²) in [5.41, 5.74) is 1.28. The number of carbonyl (C=O) groups is 2. The molecule has 0 amide bonds. The summed E-state index contributed by atoms with van der Waals surface area (Å²) in [5, 5.41) is 14.3. The number of nitrogens with one attached hydrogen (secondary N) is 1. The number of methoxy groups -OCH3 is 1. The Balaban J connectivity index is 1.96. The van der Waals surface area contributed by atoms with Gasteiger partial charge in [0.2, 0.25) is 5.95 Å². The molecule has 3 heterocycles. The molecule has 4 rings (SSSR count). The van der Waals surface area contributed by atoms with Gasteiger partial charge < -0.3 is 10.1 Å². The van der Waals surface area contributed by atoms with Gasteiger partial charge in [-0.05, 0) is 22.1 Å². The Bertz CT molecular complexity index is 1030. The first-order valence-electron chi connectivity index (χ1n) is 8.07. The second kappa shape index (κ2) is 6.79. The van der Waals surface area contributed by atoms with Crippen molar-refractivity contribution < 1.29 is 14.3 Å². The van der Waals surface area contributed by atoms with E-state index >= 15 is 0 Å². The van der Waals surface area contributed by atoms with Crippen molar-refractivity contribution in [2.45, 2.75) is 6.04 Å². The van der Waals surface area contributed by atoms with Crippen LogP contribution in [-0.2, 0) is 9.53 Å². The molecule has 1 aromatic carbocycles. The van der Waals surface area contributed by atoms with Crippen LogP contribution in [0.2, 0.25) is 0 Å². The molecule has 0 fully saturated rings. The molecule has 1 N–H and O–H groups in total. The number of esters is 1. The standard InChI is InChI=1S/C18H14N6O3/c1-27-17(26)14-13(16(25)11-6-3-2-4-7-11)15(12-8-5-9-19-10-12)24-18(20-14)21-22-23-24/h2-10,15H,1H3,(H,20,21,23)/t15-/m0/s1. The van der Waals surface area contributed by atoms with Crippen molar-refractivity contribution in [3.05, 3.63) is 77.3 Å². The van der Waals surface area contributed by atoms with Crippen LogP contribution in [-0.4, -0.2) is 44.1 Å². The van der Waals surface area contributed by atoms with Gasteiger partial charge in [-0.25, -0.2) is 4.79 Å². The van der Waals surface area contributed by atoms with Gasteiger partial charge in [0.25, 0.3) is 0 Å². The largest absolute Gasteiger partial charge is 0.464 e. The average Bonchev–Trinajstić information content (AvgIpc) is 3.21. The molecular weight excluding hydrogens is 348 g/mol. The Hall–Kier alpha value is -3.88. The minimum Gasteiger partial charge on any atom is -0.464 e. The fraction of sp³-hybridized carbons (Fsp3) is 0.111. The third-order valence-electron chi connectivity index (χ3n) is 4.19. The molecule has 9 nitrogen and oxygen atoms in total. The Morgan fingerprint density at radius 3 is 2.67 bits per heavy atom. The summed E-state index contributed by atoms with van der Waals surface area (Å²) >= 11 is 0. The van der Waals surface area contributed by atoms with E-state index in [2.05, 4.69) is 25.8 Å². The van der Waals surface area contributed by atoms with Crippen molar-refractivity contribution in [1.29, 1.82) is 0 Å². The average molecular weight is 362 g/mol. The van der Waals surface area contributed by atoms with Crippen LogP contribution in [0.15, 0.2) is 66.1 Å². The number of pyridine rings is 1. The Morgan fingerprint density at radius 2 is 1.96 bits per heavy atom. The van der Waals surface area contributed by atoms with Crippen LogP contribution in [0.3, 0.4) is 0 Å². The Labute approximate surface area is 153 Å². The van der Waals surface area contributed by atoms with Crippen LogP contribution in [0, 0.1) is 0 Å². The lowest BCUT2D eigenvalue weighted by Crippen LogP contribution is -2.33. The number of Topliss-reactive ketones (excluding diaryl/α,β-unsaturated/α-hetero) is 1. The summed E-state index contributed by atoms with van der Waals surface area (Å²) in [6.07, 6.45) is 3.23. The quantitative estimate of drug-likeness (QED) is 0.547. The lowest BCUT2D eigenvalue weighted by atomic mass is 9.90. The number of fused-ring (bicyclic) bond motifs is 1. The zero-order chi connectivity index (χ0) is 18.8. The molecular formula is C18H14N6O3. The van der Waals surface area contributed by atoms with Crippen molar-refractivity contribution >= 4 is 17.7 Å². The van der Waals surface area contributed by atoms with Crippen molar-refractivity contribution in [3.8, 4) is 0 Å². The third-order valence-corrected chi connectivity index (χ3v) is 4.19. The van der Waals surface area contributed by atoms with Crippen LogP contribution < -0.4 is 5.32 Å². The van der Waals surface area contributed by atoms with E-state index in [-0.39, 0.29) is 23.0 Å². The molecule has 1 atom stereocenters. The number of anilines is 1. The fourth-order valence-corrected chi connectivity index (χ4v) is 2.98. The lowest BCUT2D eigenvalue weighted by molar-refractivity contribution is -0.136. The molecule has 0 unspecified atom stereocenters. The molecule has 1 aliphatic rings. The van der Waals surface area contributed by atoms with Gasteiger partial charge in [0.15, 0.2) is 5.78 Å². The van der Waals surface area contributed by atoms with Crippen molar-refractivity contribution in [3.63, 3.8) is 0 Å². The maximum atomic E-state index is 13.3. The van der Waals surface area contributed by atoms with Gasteiger partial charge in [-0.15, -0.1) is 0 Å². The number of aromatic nitrogens is 5. The third kappa shape index (κ3) is 2.84. The van der Waals surface area contributed by atoms with Gasteiger partial charge in [0.05, 0.1) is 12.7 Å². The van der Waals surface area contributed by atoms with E-state index in [1.807, 2.05) is 6.07 Å². The zero-order valence-corrected chi connectivity index (χ0v) is 14.2. The molecule has 27 heavy (non-hydrogen) atoms. The summed E-state index contributed by atoms with van der Waals surface area (Å²) in [6, 6.07) is 11.5. The molecule has 2 aromatic heterocycles. The summed E-state index contributed by atoms with van der Waals surface area (Å²) in [6.45, 7) is 0. The van der Waals surface area contributed by atoms with Gasteiger partial charge in [0, 0.05) is 18.0 Å². The SMILES string of the molecule is COC(=O)C1=C(C(=O)c2ccccc2)[C@H](c2cccnc2)n2nnnc2N1.